The van der Waals surface area contributed by atoms with E-state index in [-0.39, 0.29) is 17.4 Å². The van der Waals surface area contributed by atoms with Crippen LogP contribution in [0.2, 0.25) is 0 Å². The molecule has 2 rings (SSSR count). The summed E-state index contributed by atoms with van der Waals surface area (Å²) >= 11 is 0. The first-order valence-electron chi connectivity index (χ1n) is 6.95. The van der Waals surface area contributed by atoms with Gasteiger partial charge >= 0.3 is 0 Å². The molecule has 0 saturated carbocycles. The number of carbonyl (C=O) groups is 1. The van der Waals surface area contributed by atoms with Gasteiger partial charge < -0.3 is 16.4 Å². The van der Waals surface area contributed by atoms with Crippen molar-refractivity contribution in [1.82, 2.24) is 15.3 Å². The molecule has 1 fully saturated rings. The lowest BCUT2D eigenvalue weighted by Gasteiger charge is -2.26. The zero-order valence-electron chi connectivity index (χ0n) is 12.6. The van der Waals surface area contributed by atoms with Crippen molar-refractivity contribution in [2.75, 3.05) is 17.6 Å². The molecule has 4 N–H and O–H groups in total. The minimum absolute atomic E-state index is 0.109. The number of rotatable bonds is 2. The summed E-state index contributed by atoms with van der Waals surface area (Å²) in [5.74, 6) is 2.11. The molecule has 1 unspecified atom stereocenters. The molecule has 6 heteroatoms. The highest BCUT2D eigenvalue weighted by Gasteiger charge is 2.23. The normalized spacial score (nSPS) is 19.6. The van der Waals surface area contributed by atoms with Crippen LogP contribution in [-0.4, -0.2) is 28.5 Å². The average Bonchev–Trinajstić information content (AvgIpc) is 2.36. The van der Waals surface area contributed by atoms with Gasteiger partial charge in [0.2, 0.25) is 5.91 Å². The van der Waals surface area contributed by atoms with Gasteiger partial charge in [-0.15, -0.1) is 0 Å². The van der Waals surface area contributed by atoms with Gasteiger partial charge in [0.05, 0.1) is 0 Å². The number of nitrogens with two attached hydrogens (primary N) is 1. The van der Waals surface area contributed by atoms with Gasteiger partial charge in [0, 0.05) is 30.0 Å². The number of hydrogen-bond acceptors (Lipinski definition) is 5. The Balaban J connectivity index is 2.22. The molecule has 0 bridgehead atoms. The highest BCUT2D eigenvalue weighted by atomic mass is 16.1. The van der Waals surface area contributed by atoms with Crippen molar-refractivity contribution in [1.29, 1.82) is 0 Å². The van der Waals surface area contributed by atoms with E-state index in [2.05, 4.69) is 41.4 Å². The van der Waals surface area contributed by atoms with E-state index >= 15 is 0 Å². The molecule has 2 heterocycles. The molecular formula is C14H23N5O. The Hall–Kier alpha value is -1.85. The Morgan fingerprint density at radius 2 is 2.05 bits per heavy atom. The predicted molar refractivity (Wildman–Crippen MR) is 79.5 cm³/mol. The van der Waals surface area contributed by atoms with Crippen LogP contribution in [0.15, 0.2) is 0 Å². The van der Waals surface area contributed by atoms with E-state index in [4.69, 9.17) is 5.73 Å². The second kappa shape index (κ2) is 5.26. The molecule has 110 valence electrons. The van der Waals surface area contributed by atoms with E-state index in [1.54, 1.807) is 0 Å². The number of nitrogens with zero attached hydrogens (tertiary/aromatic N) is 2. The van der Waals surface area contributed by atoms with E-state index in [1.165, 1.54) is 0 Å². The summed E-state index contributed by atoms with van der Waals surface area (Å²) in [6.07, 6.45) is 1.35. The summed E-state index contributed by atoms with van der Waals surface area (Å²) in [7, 11) is 0. The van der Waals surface area contributed by atoms with Crippen molar-refractivity contribution in [3.8, 4) is 0 Å². The Morgan fingerprint density at radius 3 is 2.60 bits per heavy atom. The Bertz CT molecular complexity index is 511. The lowest BCUT2D eigenvalue weighted by molar-refractivity contribution is -0.122. The van der Waals surface area contributed by atoms with Crippen LogP contribution in [0.4, 0.5) is 11.6 Å². The maximum Gasteiger partial charge on any atom is 0.220 e. The standard InChI is InChI=1S/C14H23N5O/c1-8-11(15)18-13(14(2,3)4)19-12(8)17-9-5-6-10(20)16-7-9/h9H,5-7H2,1-4H3,(H,16,20)(H3,15,17,18,19). The maximum absolute atomic E-state index is 11.2. The first kappa shape index (κ1) is 14.6. The second-order valence-electron chi connectivity index (χ2n) is 6.34. The highest BCUT2D eigenvalue weighted by molar-refractivity contribution is 5.77. The number of anilines is 2. The summed E-state index contributed by atoms with van der Waals surface area (Å²) in [5.41, 5.74) is 6.69. The van der Waals surface area contributed by atoms with E-state index in [0.29, 0.717) is 18.8 Å². The molecule has 1 saturated heterocycles. The maximum atomic E-state index is 11.2. The fourth-order valence-electron chi connectivity index (χ4n) is 2.06. The van der Waals surface area contributed by atoms with Gasteiger partial charge in [-0.3, -0.25) is 4.79 Å². The van der Waals surface area contributed by atoms with Crippen molar-refractivity contribution in [3.63, 3.8) is 0 Å². The predicted octanol–water partition coefficient (Wildman–Crippen LogP) is 1.36. The van der Waals surface area contributed by atoms with Crippen LogP contribution in [0.1, 0.15) is 45.0 Å². The van der Waals surface area contributed by atoms with Crippen LogP contribution < -0.4 is 16.4 Å². The molecule has 1 aliphatic heterocycles. The molecule has 1 aromatic rings. The summed E-state index contributed by atoms with van der Waals surface area (Å²) in [6.45, 7) is 8.70. The smallest absolute Gasteiger partial charge is 0.220 e. The number of nitrogen functional groups attached to an aromatic ring is 1. The van der Waals surface area contributed by atoms with Crippen LogP contribution in [0.25, 0.3) is 0 Å². The molecule has 1 amide bonds. The minimum atomic E-state index is -0.154. The molecule has 1 atom stereocenters. The highest BCUT2D eigenvalue weighted by Crippen LogP contribution is 2.25. The van der Waals surface area contributed by atoms with Gasteiger partial charge in [0.25, 0.3) is 0 Å². The van der Waals surface area contributed by atoms with Gasteiger partial charge in [0.1, 0.15) is 17.5 Å². The van der Waals surface area contributed by atoms with Gasteiger partial charge in [-0.05, 0) is 13.3 Å². The fraction of sp³-hybridized carbons (Fsp3) is 0.643. The molecular weight excluding hydrogens is 254 g/mol. The number of amides is 1. The SMILES string of the molecule is Cc1c(N)nc(C(C)(C)C)nc1NC1CCC(=O)NC1. The Kier molecular flexibility index (Phi) is 3.83. The van der Waals surface area contributed by atoms with Gasteiger partial charge in [-0.2, -0.15) is 0 Å². The zero-order chi connectivity index (χ0) is 14.9. The molecule has 6 nitrogen and oxygen atoms in total. The third-order valence-corrected chi connectivity index (χ3v) is 3.46. The third kappa shape index (κ3) is 3.18. The Morgan fingerprint density at radius 1 is 1.35 bits per heavy atom. The average molecular weight is 277 g/mol. The van der Waals surface area contributed by atoms with Crippen LogP contribution in [0.5, 0.6) is 0 Å². The minimum Gasteiger partial charge on any atom is -0.383 e. The first-order chi connectivity index (χ1) is 9.27. The molecule has 1 aliphatic rings. The van der Waals surface area contributed by atoms with E-state index in [1.807, 2.05) is 6.92 Å². The molecule has 0 aliphatic carbocycles. The topological polar surface area (TPSA) is 92.9 Å². The van der Waals surface area contributed by atoms with Gasteiger partial charge in [-0.1, -0.05) is 20.8 Å². The van der Waals surface area contributed by atoms with Crippen LogP contribution >= 0.6 is 0 Å². The van der Waals surface area contributed by atoms with Gasteiger partial charge in [0.15, 0.2) is 0 Å². The lowest BCUT2D eigenvalue weighted by atomic mass is 9.95. The number of piperidine rings is 1. The zero-order valence-corrected chi connectivity index (χ0v) is 12.6. The largest absolute Gasteiger partial charge is 0.383 e. The monoisotopic (exact) mass is 277 g/mol. The second-order valence-corrected chi connectivity index (χ2v) is 6.34. The van der Waals surface area contributed by atoms with Crippen molar-refractivity contribution >= 4 is 17.5 Å². The molecule has 1 aromatic heterocycles. The molecule has 20 heavy (non-hydrogen) atoms. The Labute approximate surface area is 119 Å². The summed E-state index contributed by atoms with van der Waals surface area (Å²) in [4.78, 5) is 20.2. The first-order valence-corrected chi connectivity index (χ1v) is 6.95. The van der Waals surface area contributed by atoms with Crippen molar-refractivity contribution in [2.24, 2.45) is 0 Å². The molecule has 0 spiro atoms. The quantitative estimate of drug-likeness (QED) is 0.759. The number of aromatic nitrogens is 2. The number of hydrogen-bond donors (Lipinski definition) is 3. The van der Waals surface area contributed by atoms with Crippen LogP contribution in [0.3, 0.4) is 0 Å². The fourth-order valence-corrected chi connectivity index (χ4v) is 2.06. The summed E-state index contributed by atoms with van der Waals surface area (Å²) < 4.78 is 0. The van der Waals surface area contributed by atoms with E-state index < -0.39 is 0 Å². The van der Waals surface area contributed by atoms with Crippen molar-refractivity contribution in [3.05, 3.63) is 11.4 Å². The van der Waals surface area contributed by atoms with Crippen LogP contribution in [-0.2, 0) is 10.2 Å². The van der Waals surface area contributed by atoms with E-state index in [0.717, 1.165) is 23.6 Å². The summed E-state index contributed by atoms with van der Waals surface area (Å²) in [6, 6.07) is 0.188. The number of nitrogens with one attached hydrogen (secondary N) is 2. The third-order valence-electron chi connectivity index (χ3n) is 3.46. The van der Waals surface area contributed by atoms with E-state index in [9.17, 15) is 4.79 Å². The van der Waals surface area contributed by atoms with Crippen LogP contribution in [0, 0.1) is 6.92 Å². The molecule has 0 aromatic carbocycles. The molecule has 0 radical (unpaired) electrons. The summed E-state index contributed by atoms with van der Waals surface area (Å²) in [5, 5.41) is 6.23. The van der Waals surface area contributed by atoms with Crippen molar-refractivity contribution < 1.29 is 4.79 Å². The lowest BCUT2D eigenvalue weighted by Crippen LogP contribution is -2.42. The number of carbonyl (C=O) groups excluding carboxylic acids is 1. The van der Waals surface area contributed by atoms with Gasteiger partial charge in [-0.25, -0.2) is 9.97 Å². The van der Waals surface area contributed by atoms with Crippen molar-refractivity contribution in [2.45, 2.75) is 52.0 Å².